The average Bonchev–Trinajstić information content (AvgIpc) is 2.36. The lowest BCUT2D eigenvalue weighted by molar-refractivity contribution is 0.0952. The SMILES string of the molecule is CCS(=O)CCNC(=O)c1cc(S(=O)(=O)Cl)c(Cl)cc1F. The van der Waals surface area contributed by atoms with Crippen molar-refractivity contribution in [2.45, 2.75) is 11.8 Å². The average molecular weight is 376 g/mol. The van der Waals surface area contributed by atoms with Gasteiger partial charge in [-0.1, -0.05) is 18.5 Å². The molecule has 0 aliphatic heterocycles. The monoisotopic (exact) mass is 375 g/mol. The molecule has 1 amide bonds. The van der Waals surface area contributed by atoms with Crippen molar-refractivity contribution in [1.82, 2.24) is 5.32 Å². The second kappa shape index (κ2) is 7.53. The molecule has 0 saturated carbocycles. The van der Waals surface area contributed by atoms with Gasteiger partial charge >= 0.3 is 0 Å². The van der Waals surface area contributed by atoms with Crippen LogP contribution in [0.4, 0.5) is 4.39 Å². The van der Waals surface area contributed by atoms with E-state index in [2.05, 4.69) is 5.32 Å². The fraction of sp³-hybridized carbons (Fsp3) is 0.364. The van der Waals surface area contributed by atoms with E-state index in [9.17, 15) is 21.8 Å². The Balaban J connectivity index is 2.97. The fourth-order valence-corrected chi connectivity index (χ4v) is 3.53. The van der Waals surface area contributed by atoms with Crippen LogP contribution < -0.4 is 5.32 Å². The van der Waals surface area contributed by atoms with Crippen LogP contribution in [0.3, 0.4) is 0 Å². The minimum absolute atomic E-state index is 0.0737. The highest BCUT2D eigenvalue weighted by molar-refractivity contribution is 8.13. The van der Waals surface area contributed by atoms with Crippen molar-refractivity contribution >= 4 is 48.0 Å². The zero-order valence-corrected chi connectivity index (χ0v) is 14.0. The molecule has 0 spiro atoms. The third kappa shape index (κ3) is 5.21. The molecule has 1 aromatic rings. The third-order valence-electron chi connectivity index (χ3n) is 2.47. The molecule has 1 N–H and O–H groups in total. The quantitative estimate of drug-likeness (QED) is 0.770. The minimum atomic E-state index is -4.20. The second-order valence-corrected chi connectivity index (χ2v) is 8.70. The fourth-order valence-electron chi connectivity index (χ4n) is 1.41. The molecule has 0 saturated heterocycles. The van der Waals surface area contributed by atoms with Gasteiger partial charge in [-0.2, -0.15) is 0 Å². The maximum atomic E-state index is 13.7. The van der Waals surface area contributed by atoms with Crippen LogP contribution in [0.5, 0.6) is 0 Å². The smallest absolute Gasteiger partial charge is 0.262 e. The number of rotatable bonds is 6. The lowest BCUT2D eigenvalue weighted by Crippen LogP contribution is -2.29. The van der Waals surface area contributed by atoms with Crippen LogP contribution in [-0.2, 0) is 19.9 Å². The van der Waals surface area contributed by atoms with E-state index in [1.54, 1.807) is 6.92 Å². The summed E-state index contributed by atoms with van der Waals surface area (Å²) in [5.41, 5.74) is -0.499. The van der Waals surface area contributed by atoms with Crippen molar-refractivity contribution in [3.8, 4) is 0 Å². The van der Waals surface area contributed by atoms with Crippen molar-refractivity contribution < 1.29 is 21.8 Å². The van der Waals surface area contributed by atoms with E-state index in [1.165, 1.54) is 0 Å². The third-order valence-corrected chi connectivity index (χ3v) is 5.56. The van der Waals surface area contributed by atoms with Crippen LogP contribution in [0.1, 0.15) is 17.3 Å². The number of benzene rings is 1. The maximum absolute atomic E-state index is 13.7. The highest BCUT2D eigenvalue weighted by Gasteiger charge is 2.21. The molecule has 1 atom stereocenters. The van der Waals surface area contributed by atoms with Crippen molar-refractivity contribution in [3.63, 3.8) is 0 Å². The number of carbonyl (C=O) groups excluding carboxylic acids is 1. The largest absolute Gasteiger partial charge is 0.351 e. The molecular weight excluding hydrogens is 364 g/mol. The van der Waals surface area contributed by atoms with Gasteiger partial charge in [-0.25, -0.2) is 12.8 Å². The predicted octanol–water partition coefficient (Wildman–Crippen LogP) is 1.91. The van der Waals surface area contributed by atoms with E-state index < -0.39 is 47.1 Å². The summed E-state index contributed by atoms with van der Waals surface area (Å²) >= 11 is 5.58. The molecule has 0 aromatic heterocycles. The summed E-state index contributed by atoms with van der Waals surface area (Å²) in [4.78, 5) is 11.2. The predicted molar refractivity (Wildman–Crippen MR) is 80.3 cm³/mol. The van der Waals surface area contributed by atoms with Crippen molar-refractivity contribution in [2.24, 2.45) is 0 Å². The highest BCUT2D eigenvalue weighted by atomic mass is 35.7. The number of carbonyl (C=O) groups is 1. The number of halogens is 3. The molecule has 10 heteroatoms. The molecule has 0 bridgehead atoms. The molecule has 5 nitrogen and oxygen atoms in total. The maximum Gasteiger partial charge on any atom is 0.262 e. The van der Waals surface area contributed by atoms with Gasteiger partial charge in [-0.05, 0) is 12.1 Å². The second-order valence-electron chi connectivity index (χ2n) is 3.89. The Morgan fingerprint density at radius 2 is 2.05 bits per heavy atom. The number of hydrogen-bond acceptors (Lipinski definition) is 4. The minimum Gasteiger partial charge on any atom is -0.351 e. The Kier molecular flexibility index (Phi) is 6.58. The summed E-state index contributed by atoms with van der Waals surface area (Å²) < 4.78 is 47.4. The summed E-state index contributed by atoms with van der Waals surface area (Å²) in [6.45, 7) is 1.80. The number of nitrogens with one attached hydrogen (secondary N) is 1. The van der Waals surface area contributed by atoms with Crippen LogP contribution in [0, 0.1) is 5.82 Å². The first-order valence-corrected chi connectivity index (χ1v) is 9.91. The molecule has 1 unspecified atom stereocenters. The van der Waals surface area contributed by atoms with Crippen molar-refractivity contribution in [2.75, 3.05) is 18.1 Å². The van der Waals surface area contributed by atoms with E-state index in [0.717, 1.165) is 6.07 Å². The van der Waals surface area contributed by atoms with Gasteiger partial charge in [0, 0.05) is 39.5 Å². The summed E-state index contributed by atoms with van der Waals surface area (Å²) in [6, 6.07) is 1.47. The van der Waals surface area contributed by atoms with E-state index in [-0.39, 0.29) is 12.3 Å². The standard InChI is InChI=1S/C11H12Cl2FNO4S2/c1-2-20(17)4-3-15-11(16)7-5-10(21(13,18)19)8(12)6-9(7)14/h5-6H,2-4H2,1H3,(H,15,16). The molecule has 1 rings (SSSR count). The normalized spacial score (nSPS) is 13.0. The molecular formula is C11H12Cl2FNO4S2. The molecule has 1 aromatic carbocycles. The van der Waals surface area contributed by atoms with Crippen LogP contribution in [-0.4, -0.2) is 36.6 Å². The van der Waals surface area contributed by atoms with Gasteiger partial charge in [0.05, 0.1) is 10.6 Å². The summed E-state index contributed by atoms with van der Waals surface area (Å²) in [5.74, 6) is -1.14. The van der Waals surface area contributed by atoms with E-state index in [1.807, 2.05) is 0 Å². The summed E-state index contributed by atoms with van der Waals surface area (Å²) in [5, 5.41) is 1.94. The zero-order chi connectivity index (χ0) is 16.2. The van der Waals surface area contributed by atoms with Gasteiger partial charge in [0.25, 0.3) is 15.0 Å². The number of amides is 1. The van der Waals surface area contributed by atoms with Gasteiger partial charge in [-0.15, -0.1) is 0 Å². The van der Waals surface area contributed by atoms with Gasteiger partial charge in [0.1, 0.15) is 10.7 Å². The first kappa shape index (κ1) is 18.3. The zero-order valence-electron chi connectivity index (χ0n) is 10.9. The van der Waals surface area contributed by atoms with Crippen LogP contribution in [0.2, 0.25) is 5.02 Å². The lowest BCUT2D eigenvalue weighted by Gasteiger charge is -2.08. The van der Waals surface area contributed by atoms with Gasteiger partial charge in [-0.3, -0.25) is 9.00 Å². The molecule has 21 heavy (non-hydrogen) atoms. The van der Waals surface area contributed by atoms with Crippen LogP contribution in [0.25, 0.3) is 0 Å². The first-order chi connectivity index (χ1) is 9.66. The molecule has 118 valence electrons. The molecule has 0 radical (unpaired) electrons. The van der Waals surface area contributed by atoms with Gasteiger partial charge in [0.2, 0.25) is 0 Å². The first-order valence-electron chi connectivity index (χ1n) is 5.73. The van der Waals surface area contributed by atoms with Gasteiger partial charge in [0.15, 0.2) is 0 Å². The lowest BCUT2D eigenvalue weighted by atomic mass is 10.2. The Morgan fingerprint density at radius 3 is 2.57 bits per heavy atom. The molecule has 0 heterocycles. The Labute approximate surface area is 133 Å². The van der Waals surface area contributed by atoms with E-state index in [0.29, 0.717) is 11.8 Å². The molecule has 0 fully saturated rings. The van der Waals surface area contributed by atoms with Crippen LogP contribution >= 0.6 is 22.3 Å². The van der Waals surface area contributed by atoms with Crippen molar-refractivity contribution in [1.29, 1.82) is 0 Å². The van der Waals surface area contributed by atoms with E-state index in [4.69, 9.17) is 22.3 Å². The molecule has 0 aliphatic carbocycles. The number of hydrogen-bond donors (Lipinski definition) is 1. The topological polar surface area (TPSA) is 80.3 Å². The Morgan fingerprint density at radius 1 is 1.43 bits per heavy atom. The molecule has 0 aliphatic rings. The van der Waals surface area contributed by atoms with Gasteiger partial charge < -0.3 is 5.32 Å². The van der Waals surface area contributed by atoms with Crippen LogP contribution in [0.15, 0.2) is 17.0 Å². The summed E-state index contributed by atoms with van der Waals surface area (Å²) in [7, 11) is -0.122. The highest BCUT2D eigenvalue weighted by Crippen LogP contribution is 2.27. The Hall–Kier alpha value is -0.700. The van der Waals surface area contributed by atoms with Crippen molar-refractivity contribution in [3.05, 3.63) is 28.5 Å². The summed E-state index contributed by atoms with van der Waals surface area (Å²) in [6.07, 6.45) is 0. The van der Waals surface area contributed by atoms with E-state index >= 15 is 0 Å². The Bertz CT molecular complexity index is 679.